The molecule has 0 saturated heterocycles. The second-order valence-electron chi connectivity index (χ2n) is 23.2. The van der Waals surface area contributed by atoms with Gasteiger partial charge < -0.3 is 22.1 Å². The zero-order valence-electron chi connectivity index (χ0n) is 37.0. The Morgan fingerprint density at radius 1 is 0.590 bits per heavy atom. The molecule has 0 radical (unpaired) electrons. The van der Waals surface area contributed by atoms with Crippen molar-refractivity contribution in [2.24, 2.45) is 56.8 Å². The van der Waals surface area contributed by atoms with Gasteiger partial charge in [-0.2, -0.15) is 0 Å². The Kier molecular flexibility index (Phi) is 11.3. The van der Waals surface area contributed by atoms with Crippen molar-refractivity contribution in [1.82, 2.24) is 10.6 Å². The minimum Gasteiger partial charge on any atom is -0.353 e. The van der Waals surface area contributed by atoms with E-state index in [-0.39, 0.29) is 56.7 Å². The van der Waals surface area contributed by atoms with Crippen LogP contribution in [-0.4, -0.2) is 47.7 Å². The minimum atomic E-state index is -0.320. The zero-order chi connectivity index (χ0) is 42.3. The maximum atomic E-state index is 14.7. The van der Waals surface area contributed by atoms with E-state index in [2.05, 4.69) is 72.2 Å². The first-order valence-corrected chi connectivity index (χ1v) is 25.8. The number of benzene rings is 2. The molecule has 61 heavy (non-hydrogen) atoms. The highest BCUT2D eigenvalue weighted by molar-refractivity contribution is 6.18. The maximum absolute atomic E-state index is 14.7. The molecule has 10 aliphatic rings. The Labute approximate surface area is 376 Å². The summed E-state index contributed by atoms with van der Waals surface area (Å²) in [5.41, 5.74) is 16.6. The monoisotopic (exact) mass is 869 g/mol. The minimum absolute atomic E-state index is 0.0155. The van der Waals surface area contributed by atoms with Crippen LogP contribution in [0.5, 0.6) is 0 Å². The summed E-state index contributed by atoms with van der Waals surface area (Å²) < 4.78 is 0. The van der Waals surface area contributed by atoms with Gasteiger partial charge in [0.05, 0.1) is 10.8 Å². The zero-order valence-corrected chi connectivity index (χ0v) is 38.5. The van der Waals surface area contributed by atoms with Crippen molar-refractivity contribution in [3.8, 4) is 0 Å². The summed E-state index contributed by atoms with van der Waals surface area (Å²) in [7, 11) is 0. The number of rotatable bonds is 13. The molecule has 8 bridgehead atoms. The van der Waals surface area contributed by atoms with E-state index in [1.165, 1.54) is 16.7 Å². The molecule has 10 aliphatic carbocycles. The molecule has 10 saturated carbocycles. The highest BCUT2D eigenvalue weighted by Crippen LogP contribution is 2.74. The Morgan fingerprint density at radius 2 is 1.07 bits per heavy atom. The lowest BCUT2D eigenvalue weighted by Gasteiger charge is -2.69. The van der Waals surface area contributed by atoms with Crippen LogP contribution >= 0.6 is 23.2 Å². The predicted molar refractivity (Wildman–Crippen MR) is 248 cm³/mol. The topological polar surface area (TPSA) is 110 Å². The molecule has 2 amide bonds. The van der Waals surface area contributed by atoms with Crippen LogP contribution in [0, 0.1) is 45.3 Å². The van der Waals surface area contributed by atoms with Crippen LogP contribution in [0.1, 0.15) is 158 Å². The summed E-state index contributed by atoms with van der Waals surface area (Å²) in [6.07, 6.45) is 22.7. The molecule has 0 aliphatic heterocycles. The van der Waals surface area contributed by atoms with Crippen molar-refractivity contribution in [2.75, 3.05) is 11.8 Å². The first-order chi connectivity index (χ1) is 29.4. The Bertz CT molecular complexity index is 1900. The molecule has 4 unspecified atom stereocenters. The summed E-state index contributed by atoms with van der Waals surface area (Å²) in [6.45, 7) is 2.50. The lowest BCUT2D eigenvalue weighted by Crippen LogP contribution is -2.66. The third-order valence-electron chi connectivity index (χ3n) is 20.1. The molecular formula is C53H74Cl2N4O2. The largest absolute Gasteiger partial charge is 0.353 e. The van der Waals surface area contributed by atoms with Crippen LogP contribution in [0.2, 0.25) is 0 Å². The van der Waals surface area contributed by atoms with Crippen molar-refractivity contribution in [1.29, 1.82) is 0 Å². The predicted octanol–water partition coefficient (Wildman–Crippen LogP) is 10.2. The van der Waals surface area contributed by atoms with Gasteiger partial charge >= 0.3 is 0 Å². The fourth-order valence-corrected chi connectivity index (χ4v) is 17.8. The lowest BCUT2D eigenvalue weighted by atomic mass is 9.35. The van der Waals surface area contributed by atoms with E-state index in [4.69, 9.17) is 34.7 Å². The van der Waals surface area contributed by atoms with Gasteiger partial charge in [0.15, 0.2) is 0 Å². The van der Waals surface area contributed by atoms with Crippen molar-refractivity contribution < 1.29 is 9.59 Å². The molecule has 4 atom stereocenters. The fraction of sp³-hybridized carbons (Fsp3) is 0.736. The van der Waals surface area contributed by atoms with Gasteiger partial charge in [-0.15, -0.1) is 23.2 Å². The van der Waals surface area contributed by atoms with Crippen LogP contribution < -0.4 is 22.1 Å². The number of carbonyl (C=O) groups is 2. The molecule has 6 N–H and O–H groups in total. The molecule has 6 nitrogen and oxygen atoms in total. The van der Waals surface area contributed by atoms with E-state index in [0.717, 1.165) is 141 Å². The van der Waals surface area contributed by atoms with Crippen molar-refractivity contribution in [3.63, 3.8) is 0 Å². The number of hydrogen-bond donors (Lipinski definition) is 4. The summed E-state index contributed by atoms with van der Waals surface area (Å²) in [5, 5.41) is 7.25. The summed E-state index contributed by atoms with van der Waals surface area (Å²) >= 11 is 13.4. The van der Waals surface area contributed by atoms with Crippen LogP contribution in [0.25, 0.3) is 0 Å². The van der Waals surface area contributed by atoms with Gasteiger partial charge in [-0.05, 0) is 203 Å². The Balaban J connectivity index is 0.918. The first kappa shape index (κ1) is 42.8. The normalized spacial score (nSPS) is 44.5. The van der Waals surface area contributed by atoms with Gasteiger partial charge in [0.2, 0.25) is 11.8 Å². The van der Waals surface area contributed by atoms with E-state index < -0.39 is 0 Å². The molecule has 332 valence electrons. The lowest BCUT2D eigenvalue weighted by molar-refractivity contribution is -0.182. The quantitative estimate of drug-likeness (QED) is 0.150. The number of nitrogens with one attached hydrogen (secondary N) is 2. The van der Waals surface area contributed by atoms with E-state index in [1.807, 2.05) is 0 Å². The number of amides is 2. The highest BCUT2D eigenvalue weighted by atomic mass is 35.5. The molecular weight excluding hydrogens is 796 g/mol. The van der Waals surface area contributed by atoms with Crippen LogP contribution in [0.15, 0.2) is 54.6 Å². The molecule has 12 rings (SSSR count). The number of aryl methyl sites for hydroxylation is 1. The fourth-order valence-electron chi connectivity index (χ4n) is 17.0. The third-order valence-corrected chi connectivity index (χ3v) is 20.5. The number of nitrogens with two attached hydrogens (primary N) is 2. The van der Waals surface area contributed by atoms with E-state index in [0.29, 0.717) is 47.2 Å². The van der Waals surface area contributed by atoms with Crippen LogP contribution in [-0.2, 0) is 26.8 Å². The van der Waals surface area contributed by atoms with Gasteiger partial charge in [-0.1, -0.05) is 61.5 Å². The Morgan fingerprint density at radius 3 is 1.59 bits per heavy atom. The molecule has 0 aromatic heterocycles. The second-order valence-corrected chi connectivity index (χ2v) is 24.0. The molecule has 0 spiro atoms. The van der Waals surface area contributed by atoms with Crippen LogP contribution in [0.4, 0.5) is 0 Å². The maximum Gasteiger partial charge on any atom is 0.226 e. The average molecular weight is 870 g/mol. The smallest absolute Gasteiger partial charge is 0.226 e. The molecule has 2 aromatic rings. The molecule has 10 fully saturated rings. The summed E-state index contributed by atoms with van der Waals surface area (Å²) in [6, 6.07) is 22.0. The van der Waals surface area contributed by atoms with Crippen LogP contribution in [0.3, 0.4) is 0 Å². The van der Waals surface area contributed by atoms with Gasteiger partial charge in [-0.25, -0.2) is 0 Å². The van der Waals surface area contributed by atoms with Gasteiger partial charge in [-0.3, -0.25) is 9.59 Å². The SMILES string of the molecule is CC1(CCCl)C2CC3(C(=O)N[C@H]4CC[C@H](N)CC4)CC1CC(c1cccc(CCC4(CCCl)C5CC6(C(=O)N[C@H]7CC[C@H](N)CC7)CC4CC(c4ccccc4)(C5)C6)c1)(C2)C3. The molecule has 0 heterocycles. The standard InChI is InChI=1S/C53H74Cl2N4O2/c1-48(20-22-54)38-25-50(26-39(48)28-51(27-38,34-50)46(60)58-44-14-10-42(56)11-15-44)37-9-5-6-35(24-37)18-19-53(21-23-55)40-29-49(36-7-3-2-4-8-36)30-41(53)32-52(31-40,33-49)47(61)59-45-16-12-43(57)13-17-45/h2-9,24,38-45H,10-23,25-34,56-57H2,1H3,(H,58,60)(H,59,61)/t38?,39?,40?,41?,42-,43-,44-,45-,48?,49?,50?,51?,52?,53?. The second kappa shape index (κ2) is 16.1. The average Bonchev–Trinajstić information content (AvgIpc) is 3.25. The van der Waals surface area contributed by atoms with Crippen molar-refractivity contribution >= 4 is 35.0 Å². The van der Waals surface area contributed by atoms with E-state index in [9.17, 15) is 9.59 Å². The number of halogens is 2. The first-order valence-electron chi connectivity index (χ1n) is 24.8. The molecule has 8 heteroatoms. The number of hydrogen-bond acceptors (Lipinski definition) is 4. The Hall–Kier alpha value is -2.12. The number of alkyl halides is 2. The van der Waals surface area contributed by atoms with Gasteiger partial charge in [0.25, 0.3) is 0 Å². The summed E-state index contributed by atoms with van der Waals surface area (Å²) in [4.78, 5) is 29.3. The van der Waals surface area contributed by atoms with E-state index in [1.54, 1.807) is 0 Å². The van der Waals surface area contributed by atoms with Gasteiger partial charge in [0, 0.05) is 35.9 Å². The van der Waals surface area contributed by atoms with E-state index >= 15 is 0 Å². The van der Waals surface area contributed by atoms with Crippen molar-refractivity contribution in [3.05, 3.63) is 71.3 Å². The molecule has 2 aromatic carbocycles. The van der Waals surface area contributed by atoms with Crippen molar-refractivity contribution in [2.45, 2.75) is 183 Å². The number of carbonyl (C=O) groups excluding carboxylic acids is 2. The summed E-state index contributed by atoms with van der Waals surface area (Å²) in [5.74, 6) is 3.92. The highest BCUT2D eigenvalue weighted by Gasteiger charge is 2.69. The van der Waals surface area contributed by atoms with Gasteiger partial charge in [0.1, 0.15) is 0 Å². The third kappa shape index (κ3) is 7.25.